The molecule has 4 rings (SSSR count). The summed E-state index contributed by atoms with van der Waals surface area (Å²) < 4.78 is 33.2. The third-order valence-electron chi connectivity index (χ3n) is 6.31. The molecule has 0 radical (unpaired) electrons. The molecule has 0 aromatic heterocycles. The maximum absolute atomic E-state index is 13.2. The molecule has 0 aliphatic carbocycles. The van der Waals surface area contributed by atoms with Crippen LogP contribution in [0.5, 0.6) is 5.75 Å². The molecule has 8 nitrogen and oxygen atoms in total. The van der Waals surface area contributed by atoms with Gasteiger partial charge in [-0.25, -0.2) is 8.42 Å². The average molecular weight is 472 g/mol. The number of carbonyl (C=O) groups is 2. The predicted molar refractivity (Wildman–Crippen MR) is 124 cm³/mol. The second-order valence-corrected chi connectivity index (χ2v) is 10.4. The number of ether oxygens (including phenoxy) is 1. The van der Waals surface area contributed by atoms with Crippen molar-refractivity contribution in [1.82, 2.24) is 9.62 Å². The molecule has 0 atom stereocenters. The zero-order valence-electron chi connectivity index (χ0n) is 18.7. The van der Waals surface area contributed by atoms with Crippen molar-refractivity contribution >= 4 is 27.5 Å². The molecule has 0 unspecified atom stereocenters. The number of anilines is 1. The summed E-state index contributed by atoms with van der Waals surface area (Å²) in [7, 11) is -2.07. The van der Waals surface area contributed by atoms with Crippen molar-refractivity contribution in [3.8, 4) is 5.75 Å². The fourth-order valence-corrected chi connectivity index (χ4v) is 5.92. The minimum atomic E-state index is -3.66. The molecule has 2 N–H and O–H groups in total. The number of amides is 2. The number of nitrogens with zero attached hydrogens (tertiary/aromatic N) is 1. The number of piperidine rings is 1. The van der Waals surface area contributed by atoms with E-state index in [0.717, 1.165) is 16.9 Å². The van der Waals surface area contributed by atoms with Crippen molar-refractivity contribution in [2.24, 2.45) is 5.92 Å². The van der Waals surface area contributed by atoms with Crippen LogP contribution >= 0.6 is 0 Å². The molecule has 33 heavy (non-hydrogen) atoms. The molecule has 2 aliphatic rings. The normalized spacial score (nSPS) is 17.5. The number of fused-ring (bicyclic) bond motifs is 1. The van der Waals surface area contributed by atoms with E-state index >= 15 is 0 Å². The van der Waals surface area contributed by atoms with Crippen LogP contribution in [0, 0.1) is 5.92 Å². The number of hydrogen-bond donors (Lipinski definition) is 2. The van der Waals surface area contributed by atoms with Gasteiger partial charge in [-0.1, -0.05) is 18.2 Å². The van der Waals surface area contributed by atoms with Crippen molar-refractivity contribution in [1.29, 1.82) is 0 Å². The number of rotatable bonds is 6. The summed E-state index contributed by atoms with van der Waals surface area (Å²) in [6.07, 6.45) is 2.73. The highest BCUT2D eigenvalue weighted by molar-refractivity contribution is 7.89. The van der Waals surface area contributed by atoms with Crippen LogP contribution in [0.1, 0.15) is 36.8 Å². The van der Waals surface area contributed by atoms with E-state index in [0.29, 0.717) is 57.4 Å². The molecule has 9 heteroatoms. The van der Waals surface area contributed by atoms with Gasteiger partial charge in [0.15, 0.2) is 0 Å². The predicted octanol–water partition coefficient (Wildman–Crippen LogP) is 2.69. The SMILES string of the molecule is COc1ccccc1CNC(=O)C1CCN(S(=O)(=O)c2ccc3c(c2)CCCC(=O)N3)CC1. The third-order valence-corrected chi connectivity index (χ3v) is 8.20. The summed E-state index contributed by atoms with van der Waals surface area (Å²) in [6, 6.07) is 12.4. The lowest BCUT2D eigenvalue weighted by molar-refractivity contribution is -0.126. The van der Waals surface area contributed by atoms with Crippen LogP contribution < -0.4 is 15.4 Å². The van der Waals surface area contributed by atoms with Crippen molar-refractivity contribution < 1.29 is 22.7 Å². The number of hydrogen-bond acceptors (Lipinski definition) is 5. The van der Waals surface area contributed by atoms with Gasteiger partial charge in [-0.15, -0.1) is 0 Å². The number of aryl methyl sites for hydroxylation is 1. The molecule has 176 valence electrons. The van der Waals surface area contributed by atoms with E-state index in [-0.39, 0.29) is 22.6 Å². The number of nitrogens with one attached hydrogen (secondary N) is 2. The smallest absolute Gasteiger partial charge is 0.243 e. The van der Waals surface area contributed by atoms with E-state index in [9.17, 15) is 18.0 Å². The molecular formula is C24H29N3O5S. The summed E-state index contributed by atoms with van der Waals surface area (Å²) in [5, 5.41) is 5.78. The first-order valence-corrected chi connectivity index (χ1v) is 12.6. The highest BCUT2D eigenvalue weighted by Gasteiger charge is 2.32. The molecule has 2 aliphatic heterocycles. The molecule has 0 spiro atoms. The first-order chi connectivity index (χ1) is 15.9. The zero-order valence-corrected chi connectivity index (χ0v) is 19.5. The van der Waals surface area contributed by atoms with E-state index in [2.05, 4.69) is 10.6 Å². The Balaban J connectivity index is 1.36. The molecule has 1 saturated heterocycles. The van der Waals surface area contributed by atoms with Crippen LogP contribution in [0.4, 0.5) is 5.69 Å². The van der Waals surface area contributed by atoms with E-state index in [4.69, 9.17) is 4.74 Å². The maximum atomic E-state index is 13.2. The van der Waals surface area contributed by atoms with Crippen molar-refractivity contribution in [2.45, 2.75) is 43.5 Å². The van der Waals surface area contributed by atoms with E-state index in [1.807, 2.05) is 24.3 Å². The molecule has 2 heterocycles. The Morgan fingerprint density at radius 2 is 1.91 bits per heavy atom. The monoisotopic (exact) mass is 471 g/mol. The number of methoxy groups -OCH3 is 1. The lowest BCUT2D eigenvalue weighted by Gasteiger charge is -2.30. The standard InChI is InChI=1S/C24H29N3O5S/c1-32-22-7-3-2-5-19(22)16-25-24(29)17-11-13-27(14-12-17)33(30,31)20-9-10-21-18(15-20)6-4-8-23(28)26-21/h2-3,5,7,9-10,15,17H,4,6,8,11-14,16H2,1H3,(H,25,29)(H,26,28). The zero-order chi connectivity index (χ0) is 23.4. The molecular weight excluding hydrogens is 442 g/mol. The average Bonchev–Trinajstić information content (AvgIpc) is 3.02. The van der Waals surface area contributed by atoms with Crippen molar-refractivity contribution in [2.75, 3.05) is 25.5 Å². The van der Waals surface area contributed by atoms with Crippen LogP contribution in [0.2, 0.25) is 0 Å². The van der Waals surface area contributed by atoms with Crippen molar-refractivity contribution in [3.63, 3.8) is 0 Å². The fourth-order valence-electron chi connectivity index (χ4n) is 4.39. The minimum Gasteiger partial charge on any atom is -0.496 e. The van der Waals surface area contributed by atoms with E-state index in [1.165, 1.54) is 4.31 Å². The quantitative estimate of drug-likeness (QED) is 0.674. The Morgan fingerprint density at radius 3 is 2.67 bits per heavy atom. The second kappa shape index (κ2) is 9.93. The lowest BCUT2D eigenvalue weighted by Crippen LogP contribution is -2.42. The first kappa shape index (κ1) is 23.3. The number of para-hydroxylation sites is 1. The number of benzene rings is 2. The molecule has 0 saturated carbocycles. The van der Waals surface area contributed by atoms with Gasteiger partial charge in [-0.05, 0) is 55.5 Å². The number of carbonyl (C=O) groups excluding carboxylic acids is 2. The van der Waals surface area contributed by atoms with Crippen LogP contribution in [0.25, 0.3) is 0 Å². The summed E-state index contributed by atoms with van der Waals surface area (Å²) in [5.41, 5.74) is 2.42. The van der Waals surface area contributed by atoms with E-state index in [1.54, 1.807) is 25.3 Å². The van der Waals surface area contributed by atoms with Gasteiger partial charge in [0.25, 0.3) is 0 Å². The topological polar surface area (TPSA) is 105 Å². The van der Waals surface area contributed by atoms with Crippen molar-refractivity contribution in [3.05, 3.63) is 53.6 Å². The van der Waals surface area contributed by atoms with Gasteiger partial charge < -0.3 is 15.4 Å². The second-order valence-electron chi connectivity index (χ2n) is 8.43. The van der Waals surface area contributed by atoms with Gasteiger partial charge in [-0.2, -0.15) is 4.31 Å². The van der Waals surface area contributed by atoms with Gasteiger partial charge in [0.1, 0.15) is 5.75 Å². The molecule has 2 aromatic rings. The molecule has 0 bridgehead atoms. The maximum Gasteiger partial charge on any atom is 0.243 e. The van der Waals surface area contributed by atoms with Gasteiger partial charge in [-0.3, -0.25) is 9.59 Å². The van der Waals surface area contributed by atoms with Crippen LogP contribution in [0.3, 0.4) is 0 Å². The molecule has 2 amide bonds. The summed E-state index contributed by atoms with van der Waals surface area (Å²) >= 11 is 0. The highest BCUT2D eigenvalue weighted by atomic mass is 32.2. The van der Waals surface area contributed by atoms with Gasteiger partial charge in [0, 0.05) is 43.2 Å². The summed E-state index contributed by atoms with van der Waals surface area (Å²) in [4.78, 5) is 24.6. The minimum absolute atomic E-state index is 0.0459. The highest BCUT2D eigenvalue weighted by Crippen LogP contribution is 2.29. The Bertz CT molecular complexity index is 1140. The van der Waals surface area contributed by atoms with Gasteiger partial charge >= 0.3 is 0 Å². The van der Waals surface area contributed by atoms with Crippen LogP contribution in [0.15, 0.2) is 47.4 Å². The summed E-state index contributed by atoms with van der Waals surface area (Å²) in [6.45, 7) is 0.957. The number of sulfonamides is 1. The fraction of sp³-hybridized carbons (Fsp3) is 0.417. The first-order valence-electron chi connectivity index (χ1n) is 11.2. The molecule has 1 fully saturated rings. The van der Waals surface area contributed by atoms with Gasteiger partial charge in [0.05, 0.1) is 12.0 Å². The van der Waals surface area contributed by atoms with Gasteiger partial charge in [0.2, 0.25) is 21.8 Å². The largest absolute Gasteiger partial charge is 0.496 e. The Hall–Kier alpha value is -2.91. The third kappa shape index (κ3) is 5.20. The Labute approximate surface area is 194 Å². The van der Waals surface area contributed by atoms with Crippen LogP contribution in [-0.4, -0.2) is 44.7 Å². The van der Waals surface area contributed by atoms with Crippen LogP contribution in [-0.2, 0) is 32.6 Å². The Kier molecular flexibility index (Phi) is 6.99. The lowest BCUT2D eigenvalue weighted by atomic mass is 9.97. The summed E-state index contributed by atoms with van der Waals surface area (Å²) in [5.74, 6) is 0.376. The van der Waals surface area contributed by atoms with E-state index < -0.39 is 10.0 Å². The Morgan fingerprint density at radius 1 is 1.15 bits per heavy atom. The molecule has 2 aromatic carbocycles.